The number of aromatic nitrogens is 4. The van der Waals surface area contributed by atoms with Crippen molar-refractivity contribution in [1.82, 2.24) is 24.4 Å². The molecule has 114 valence electrons. The minimum absolute atomic E-state index is 0.566. The first-order valence-corrected chi connectivity index (χ1v) is 7.91. The average Bonchev–Trinajstić information content (AvgIpc) is 3.14. The molecule has 3 aromatic rings. The molecule has 1 N–H and O–H groups in total. The molecule has 0 radical (unpaired) electrons. The highest BCUT2D eigenvalue weighted by molar-refractivity contribution is 5.76. The van der Waals surface area contributed by atoms with Gasteiger partial charge in [-0.05, 0) is 37.6 Å². The second-order valence-electron chi connectivity index (χ2n) is 6.24. The summed E-state index contributed by atoms with van der Waals surface area (Å²) in [6.07, 6.45) is 8.18. The van der Waals surface area contributed by atoms with Gasteiger partial charge in [0.25, 0.3) is 0 Å². The summed E-state index contributed by atoms with van der Waals surface area (Å²) in [4.78, 5) is 14.7. The molecule has 0 amide bonds. The zero-order valence-electron chi connectivity index (χ0n) is 12.9. The van der Waals surface area contributed by atoms with Crippen molar-refractivity contribution in [2.24, 2.45) is 7.05 Å². The molecule has 3 aromatic heterocycles. The van der Waals surface area contributed by atoms with Crippen LogP contribution >= 0.6 is 0 Å². The first kappa shape index (κ1) is 13.5. The van der Waals surface area contributed by atoms with Crippen LogP contribution in [0.3, 0.4) is 0 Å². The monoisotopic (exact) mass is 295 g/mol. The lowest BCUT2D eigenvalue weighted by atomic mass is 9.94. The first-order valence-electron chi connectivity index (χ1n) is 7.91. The van der Waals surface area contributed by atoms with Gasteiger partial charge in [0.15, 0.2) is 0 Å². The maximum atomic E-state index is 4.41. The fourth-order valence-corrected chi connectivity index (χ4v) is 3.42. The van der Waals surface area contributed by atoms with E-state index in [0.29, 0.717) is 5.92 Å². The second kappa shape index (κ2) is 5.57. The van der Waals surface area contributed by atoms with Gasteiger partial charge in [-0.15, -0.1) is 0 Å². The molecule has 0 aliphatic carbocycles. The van der Waals surface area contributed by atoms with Crippen LogP contribution in [0.1, 0.15) is 30.1 Å². The molecule has 22 heavy (non-hydrogen) atoms. The van der Waals surface area contributed by atoms with Gasteiger partial charge >= 0.3 is 0 Å². The van der Waals surface area contributed by atoms with Crippen molar-refractivity contribution in [1.29, 1.82) is 0 Å². The number of aromatic amines is 1. The highest BCUT2D eigenvalue weighted by atomic mass is 15.2. The molecule has 0 spiro atoms. The Balaban J connectivity index is 1.51. The number of hydrogen-bond donors (Lipinski definition) is 1. The van der Waals surface area contributed by atoms with E-state index in [-0.39, 0.29) is 0 Å². The number of imidazole rings is 1. The summed E-state index contributed by atoms with van der Waals surface area (Å²) >= 11 is 0. The van der Waals surface area contributed by atoms with Gasteiger partial charge in [-0.25, -0.2) is 9.97 Å². The summed E-state index contributed by atoms with van der Waals surface area (Å²) in [6.45, 7) is 3.24. The van der Waals surface area contributed by atoms with Crippen LogP contribution in [0.4, 0.5) is 0 Å². The molecule has 0 unspecified atom stereocenters. The maximum Gasteiger partial charge on any atom is 0.137 e. The SMILES string of the molecule is Cn1cncc1CN1CCC[C@@H](c2cc3cccnc3[nH]2)C1. The van der Waals surface area contributed by atoms with E-state index in [9.17, 15) is 0 Å². The molecule has 5 heteroatoms. The van der Waals surface area contributed by atoms with Gasteiger partial charge in [-0.3, -0.25) is 4.90 Å². The van der Waals surface area contributed by atoms with E-state index in [4.69, 9.17) is 0 Å². The van der Waals surface area contributed by atoms with Gasteiger partial charge in [-0.1, -0.05) is 0 Å². The molecule has 0 aromatic carbocycles. The number of rotatable bonds is 3. The third-order valence-corrected chi connectivity index (χ3v) is 4.66. The molecule has 1 saturated heterocycles. The molecule has 1 fully saturated rings. The summed E-state index contributed by atoms with van der Waals surface area (Å²) in [6, 6.07) is 6.38. The van der Waals surface area contributed by atoms with Crippen molar-refractivity contribution in [3.63, 3.8) is 0 Å². The number of aryl methyl sites for hydroxylation is 1. The zero-order chi connectivity index (χ0) is 14.9. The van der Waals surface area contributed by atoms with E-state index in [2.05, 4.69) is 43.6 Å². The number of pyridine rings is 1. The molecule has 5 nitrogen and oxygen atoms in total. The fraction of sp³-hybridized carbons (Fsp3) is 0.412. The number of H-pyrrole nitrogens is 1. The van der Waals surface area contributed by atoms with Crippen molar-refractivity contribution in [2.75, 3.05) is 13.1 Å². The summed E-state index contributed by atoms with van der Waals surface area (Å²) in [7, 11) is 2.06. The van der Waals surface area contributed by atoms with E-state index in [1.807, 2.05) is 24.8 Å². The summed E-state index contributed by atoms with van der Waals surface area (Å²) in [5, 5.41) is 1.21. The third-order valence-electron chi connectivity index (χ3n) is 4.66. The van der Waals surface area contributed by atoms with Crippen LogP contribution in [-0.2, 0) is 13.6 Å². The van der Waals surface area contributed by atoms with E-state index >= 15 is 0 Å². The van der Waals surface area contributed by atoms with Gasteiger partial charge in [0.05, 0.1) is 12.0 Å². The predicted molar refractivity (Wildman–Crippen MR) is 86.6 cm³/mol. The van der Waals surface area contributed by atoms with Crippen LogP contribution in [0.5, 0.6) is 0 Å². The number of nitrogens with one attached hydrogen (secondary N) is 1. The predicted octanol–water partition coefficient (Wildman–Crippen LogP) is 2.68. The van der Waals surface area contributed by atoms with Gasteiger partial charge in [0.2, 0.25) is 0 Å². The Bertz CT molecular complexity index is 739. The lowest BCUT2D eigenvalue weighted by Crippen LogP contribution is -2.34. The van der Waals surface area contributed by atoms with Crippen molar-refractivity contribution < 1.29 is 0 Å². The molecule has 1 aliphatic heterocycles. The van der Waals surface area contributed by atoms with Crippen molar-refractivity contribution in [2.45, 2.75) is 25.3 Å². The van der Waals surface area contributed by atoms with Crippen molar-refractivity contribution >= 4 is 11.0 Å². The topological polar surface area (TPSA) is 49.7 Å². The highest BCUT2D eigenvalue weighted by Gasteiger charge is 2.23. The summed E-state index contributed by atoms with van der Waals surface area (Å²) < 4.78 is 2.11. The minimum Gasteiger partial charge on any atom is -0.343 e. The Labute approximate surface area is 130 Å². The van der Waals surface area contributed by atoms with Gasteiger partial charge < -0.3 is 9.55 Å². The number of likely N-dealkylation sites (tertiary alicyclic amines) is 1. The molecule has 0 bridgehead atoms. The molecule has 1 atom stereocenters. The van der Waals surface area contributed by atoms with Crippen molar-refractivity contribution in [3.05, 3.63) is 48.3 Å². The normalized spacial score (nSPS) is 19.8. The Morgan fingerprint density at radius 2 is 2.36 bits per heavy atom. The van der Waals surface area contributed by atoms with Crippen LogP contribution in [-0.4, -0.2) is 37.5 Å². The van der Waals surface area contributed by atoms with Gasteiger partial charge in [-0.2, -0.15) is 0 Å². The Morgan fingerprint density at radius 3 is 3.18 bits per heavy atom. The van der Waals surface area contributed by atoms with E-state index < -0.39 is 0 Å². The number of piperidine rings is 1. The second-order valence-corrected chi connectivity index (χ2v) is 6.24. The average molecular weight is 295 g/mol. The zero-order valence-corrected chi connectivity index (χ0v) is 12.9. The Hall–Kier alpha value is -2.14. The standard InChI is InChI=1S/C17H21N5/c1-21-12-18-9-15(21)11-22-7-3-5-14(10-22)16-8-13-4-2-6-19-17(13)20-16/h2,4,6,8-9,12,14H,3,5,7,10-11H2,1H3,(H,19,20)/t14-/m1/s1. The molecular formula is C17H21N5. The Kier molecular flexibility index (Phi) is 3.42. The molecule has 4 heterocycles. The third kappa shape index (κ3) is 2.52. The summed E-state index contributed by atoms with van der Waals surface area (Å²) in [5.74, 6) is 0.566. The maximum absolute atomic E-state index is 4.41. The van der Waals surface area contributed by atoms with Crippen LogP contribution in [0.15, 0.2) is 36.9 Å². The van der Waals surface area contributed by atoms with Gasteiger partial charge in [0, 0.05) is 49.5 Å². The van der Waals surface area contributed by atoms with Crippen LogP contribution in [0.2, 0.25) is 0 Å². The molecule has 4 rings (SSSR count). The fourth-order valence-electron chi connectivity index (χ4n) is 3.42. The lowest BCUT2D eigenvalue weighted by molar-refractivity contribution is 0.195. The molecule has 0 saturated carbocycles. The van der Waals surface area contributed by atoms with E-state index in [0.717, 1.165) is 18.7 Å². The molecular weight excluding hydrogens is 274 g/mol. The number of nitrogens with zero attached hydrogens (tertiary/aromatic N) is 4. The van der Waals surface area contributed by atoms with Gasteiger partial charge in [0.1, 0.15) is 5.65 Å². The van der Waals surface area contributed by atoms with E-state index in [1.165, 1.54) is 36.2 Å². The van der Waals surface area contributed by atoms with Crippen LogP contribution in [0.25, 0.3) is 11.0 Å². The molecule has 1 aliphatic rings. The van der Waals surface area contributed by atoms with Crippen LogP contribution < -0.4 is 0 Å². The Morgan fingerprint density at radius 1 is 1.41 bits per heavy atom. The van der Waals surface area contributed by atoms with E-state index in [1.54, 1.807) is 0 Å². The largest absolute Gasteiger partial charge is 0.343 e. The first-order chi connectivity index (χ1) is 10.8. The number of hydrogen-bond acceptors (Lipinski definition) is 3. The lowest BCUT2D eigenvalue weighted by Gasteiger charge is -2.32. The smallest absolute Gasteiger partial charge is 0.137 e. The summed E-state index contributed by atoms with van der Waals surface area (Å²) in [5.41, 5.74) is 3.60. The quantitative estimate of drug-likeness (QED) is 0.808. The van der Waals surface area contributed by atoms with Crippen LogP contribution in [0, 0.1) is 0 Å². The highest BCUT2D eigenvalue weighted by Crippen LogP contribution is 2.29. The van der Waals surface area contributed by atoms with Crippen molar-refractivity contribution in [3.8, 4) is 0 Å². The number of fused-ring (bicyclic) bond motifs is 1. The minimum atomic E-state index is 0.566.